The number of benzene rings is 1. The van der Waals surface area contributed by atoms with E-state index in [1.54, 1.807) is 18.4 Å². The first-order valence-corrected chi connectivity index (χ1v) is 11.0. The van der Waals surface area contributed by atoms with E-state index in [0.717, 1.165) is 23.6 Å². The predicted molar refractivity (Wildman–Crippen MR) is 113 cm³/mol. The van der Waals surface area contributed by atoms with Crippen LogP contribution in [0.4, 0.5) is 0 Å². The number of allylic oxidation sites excluding steroid dienone is 1. The molecule has 0 saturated carbocycles. The molecular formula is C23H27N2O2S+. The van der Waals surface area contributed by atoms with E-state index in [1.807, 2.05) is 6.07 Å². The summed E-state index contributed by atoms with van der Waals surface area (Å²) in [4.78, 5) is 8.22. The minimum absolute atomic E-state index is 0.318. The van der Waals surface area contributed by atoms with Crippen LogP contribution in [0, 0.1) is 5.92 Å². The van der Waals surface area contributed by atoms with Crippen LogP contribution >= 0.6 is 11.3 Å². The highest BCUT2D eigenvalue weighted by Gasteiger charge is 2.38. The molecule has 4 heterocycles. The highest BCUT2D eigenvalue weighted by atomic mass is 32.1. The van der Waals surface area contributed by atoms with Crippen molar-refractivity contribution in [2.24, 2.45) is 5.92 Å². The summed E-state index contributed by atoms with van der Waals surface area (Å²) in [5, 5.41) is 10.8. The second-order valence-electron chi connectivity index (χ2n) is 8.13. The number of piperidine rings is 3. The Morgan fingerprint density at radius 2 is 2.11 bits per heavy atom. The highest BCUT2D eigenvalue weighted by molar-refractivity contribution is 7.14. The Hall–Kier alpha value is -2.11. The SMILES string of the molecule is COc1cccc(C2CC=Cc3cc(C(O)=[NH+][C@@H]4CN5CCC4CC5)sc32)c1. The summed E-state index contributed by atoms with van der Waals surface area (Å²) in [6, 6.07) is 10.8. The van der Waals surface area contributed by atoms with E-state index in [4.69, 9.17) is 4.74 Å². The van der Waals surface area contributed by atoms with Crippen molar-refractivity contribution in [2.45, 2.75) is 31.2 Å². The van der Waals surface area contributed by atoms with Crippen LogP contribution < -0.4 is 9.73 Å². The highest BCUT2D eigenvalue weighted by Crippen LogP contribution is 2.41. The van der Waals surface area contributed by atoms with E-state index >= 15 is 0 Å². The van der Waals surface area contributed by atoms with Gasteiger partial charge in [0.1, 0.15) is 10.6 Å². The standard InChI is InChI=1S/C23H26N2O2S/c1-27-18-6-2-4-16(12-18)19-7-3-5-17-13-21(28-22(17)19)23(26)24-20-14-25-10-8-15(20)9-11-25/h2-6,12-13,15,19-20H,7-11,14H2,1H3,(H,24,26)/p+1/t19?,20-/m1/s1. The van der Waals surface area contributed by atoms with Crippen LogP contribution in [-0.4, -0.2) is 48.7 Å². The number of thiophene rings is 1. The molecule has 3 saturated heterocycles. The van der Waals surface area contributed by atoms with E-state index in [2.05, 4.69) is 46.3 Å². The molecule has 0 amide bonds. The molecule has 3 fully saturated rings. The summed E-state index contributed by atoms with van der Waals surface area (Å²) >= 11 is 1.71. The van der Waals surface area contributed by atoms with Gasteiger partial charge in [-0.15, -0.1) is 11.3 Å². The smallest absolute Gasteiger partial charge is 0.376 e. The van der Waals surface area contributed by atoms with Gasteiger partial charge in [-0.25, -0.2) is 4.99 Å². The number of hydrogen-bond donors (Lipinski definition) is 2. The molecule has 0 spiro atoms. The maximum atomic E-state index is 10.8. The molecule has 4 nitrogen and oxygen atoms in total. The normalized spacial score (nSPS) is 29.0. The summed E-state index contributed by atoms with van der Waals surface area (Å²) in [5.74, 6) is 2.24. The van der Waals surface area contributed by atoms with Gasteiger partial charge in [0.05, 0.1) is 13.7 Å². The molecule has 2 aromatic rings. The van der Waals surface area contributed by atoms with Gasteiger partial charge in [0.25, 0.3) is 0 Å². The van der Waals surface area contributed by atoms with E-state index in [0.29, 0.717) is 23.8 Å². The molecule has 2 N–H and O–H groups in total. The number of aliphatic hydroxyl groups excluding tert-OH is 1. The quantitative estimate of drug-likeness (QED) is 0.618. The first-order valence-electron chi connectivity index (χ1n) is 10.2. The zero-order valence-electron chi connectivity index (χ0n) is 16.2. The van der Waals surface area contributed by atoms with Gasteiger partial charge >= 0.3 is 5.90 Å². The van der Waals surface area contributed by atoms with E-state index in [9.17, 15) is 5.11 Å². The lowest BCUT2D eigenvalue weighted by Crippen LogP contribution is -2.86. The first kappa shape index (κ1) is 18.0. The maximum Gasteiger partial charge on any atom is 0.376 e. The van der Waals surface area contributed by atoms with Crippen LogP contribution in [0.1, 0.15) is 46.1 Å². The second-order valence-corrected chi connectivity index (χ2v) is 9.22. The van der Waals surface area contributed by atoms with Crippen LogP contribution in [0.15, 0.2) is 36.4 Å². The Morgan fingerprint density at radius 1 is 1.25 bits per heavy atom. The number of fused-ring (bicyclic) bond motifs is 4. The molecule has 28 heavy (non-hydrogen) atoms. The van der Waals surface area contributed by atoms with E-state index in [1.165, 1.54) is 41.9 Å². The fourth-order valence-corrected chi connectivity index (χ4v) is 6.10. The topological polar surface area (TPSA) is 46.7 Å². The van der Waals surface area contributed by atoms with Crippen LogP contribution in [0.5, 0.6) is 5.75 Å². The van der Waals surface area contributed by atoms with E-state index in [-0.39, 0.29) is 0 Å². The van der Waals surface area contributed by atoms with Crippen molar-refractivity contribution < 1.29 is 14.8 Å². The van der Waals surface area contributed by atoms with Crippen LogP contribution in [0.2, 0.25) is 0 Å². The van der Waals surface area contributed by atoms with Gasteiger partial charge < -0.3 is 9.84 Å². The largest absolute Gasteiger partial charge is 0.497 e. The molecule has 1 aromatic carbocycles. The van der Waals surface area contributed by atoms with Gasteiger partial charge in [-0.1, -0.05) is 24.3 Å². The third kappa shape index (κ3) is 3.27. The Morgan fingerprint density at radius 3 is 2.86 bits per heavy atom. The summed E-state index contributed by atoms with van der Waals surface area (Å²) < 4.78 is 5.41. The third-order valence-corrected chi connectivity index (χ3v) is 7.76. The minimum Gasteiger partial charge on any atom is -0.497 e. The molecule has 2 bridgehead atoms. The third-order valence-electron chi connectivity index (χ3n) is 6.48. The van der Waals surface area contributed by atoms with Gasteiger partial charge in [0.15, 0.2) is 6.04 Å². The van der Waals surface area contributed by atoms with Crippen LogP contribution in [0.3, 0.4) is 0 Å². The lowest BCUT2D eigenvalue weighted by molar-refractivity contribution is -0.529. The second kappa shape index (κ2) is 7.37. The van der Waals surface area contributed by atoms with Crippen molar-refractivity contribution in [1.82, 2.24) is 4.90 Å². The average molecular weight is 396 g/mol. The fraction of sp³-hybridized carbons (Fsp3) is 0.435. The monoisotopic (exact) mass is 395 g/mol. The molecule has 1 unspecified atom stereocenters. The Bertz CT molecular complexity index is 924. The number of hydrogen-bond acceptors (Lipinski definition) is 3. The molecule has 1 aromatic heterocycles. The van der Waals surface area contributed by atoms with Crippen molar-refractivity contribution >= 4 is 23.3 Å². The molecule has 0 radical (unpaired) electrons. The Labute approximate surface area is 170 Å². The molecule has 3 aliphatic heterocycles. The number of aliphatic hydroxyl groups is 1. The van der Waals surface area contributed by atoms with Gasteiger partial charge in [0, 0.05) is 16.7 Å². The van der Waals surface area contributed by atoms with Crippen LogP contribution in [0.25, 0.3) is 6.08 Å². The van der Waals surface area contributed by atoms with Gasteiger partial charge in [-0.2, -0.15) is 0 Å². The van der Waals surface area contributed by atoms with Crippen LogP contribution in [-0.2, 0) is 0 Å². The molecular weight excluding hydrogens is 368 g/mol. The summed E-state index contributed by atoms with van der Waals surface area (Å²) in [6.45, 7) is 3.47. The van der Waals surface area contributed by atoms with Crippen molar-refractivity contribution in [3.05, 3.63) is 57.3 Å². The van der Waals surface area contributed by atoms with Gasteiger partial charge in [-0.3, -0.25) is 4.90 Å². The molecule has 1 aliphatic carbocycles. The average Bonchev–Trinajstić information content (AvgIpc) is 3.19. The Balaban J connectivity index is 1.43. The fourth-order valence-electron chi connectivity index (χ4n) is 4.90. The number of ether oxygens (including phenoxy) is 1. The summed E-state index contributed by atoms with van der Waals surface area (Å²) in [5.41, 5.74) is 2.49. The number of nitrogens with one attached hydrogen (secondary N) is 1. The number of nitrogens with zero attached hydrogens (tertiary/aromatic N) is 1. The summed E-state index contributed by atoms with van der Waals surface area (Å²) in [6.07, 6.45) is 7.89. The summed E-state index contributed by atoms with van der Waals surface area (Å²) in [7, 11) is 1.71. The molecule has 2 atom stereocenters. The molecule has 5 heteroatoms. The van der Waals surface area contributed by atoms with E-state index < -0.39 is 0 Å². The Kier molecular flexibility index (Phi) is 4.73. The molecule has 146 valence electrons. The first-order chi connectivity index (χ1) is 13.7. The van der Waals surface area contributed by atoms with Crippen molar-refractivity contribution in [2.75, 3.05) is 26.7 Å². The predicted octanol–water partition coefficient (Wildman–Crippen LogP) is 2.78. The van der Waals surface area contributed by atoms with Gasteiger partial charge in [0.2, 0.25) is 0 Å². The lowest BCUT2D eigenvalue weighted by atomic mass is 9.84. The van der Waals surface area contributed by atoms with Gasteiger partial charge in [-0.05, 0) is 61.7 Å². The minimum atomic E-state index is 0.318. The van der Waals surface area contributed by atoms with Crippen molar-refractivity contribution in [3.8, 4) is 5.75 Å². The van der Waals surface area contributed by atoms with Crippen molar-refractivity contribution in [3.63, 3.8) is 0 Å². The zero-order valence-corrected chi connectivity index (χ0v) is 17.0. The number of rotatable bonds is 4. The number of methoxy groups -OCH3 is 1. The maximum absolute atomic E-state index is 10.8. The van der Waals surface area contributed by atoms with Crippen molar-refractivity contribution in [1.29, 1.82) is 0 Å². The zero-order chi connectivity index (χ0) is 19.1. The lowest BCUT2D eigenvalue weighted by Gasteiger charge is -2.40. The molecule has 4 aliphatic rings. The molecule has 6 rings (SSSR count).